The van der Waals surface area contributed by atoms with Crippen LogP contribution in [0.4, 0.5) is 4.39 Å². The van der Waals surface area contributed by atoms with E-state index < -0.39 is 6.01 Å². The molecule has 14 heavy (non-hydrogen) atoms. The predicted octanol–water partition coefficient (Wildman–Crippen LogP) is 2.45. The van der Waals surface area contributed by atoms with Gasteiger partial charge in [-0.25, -0.2) is 0 Å². The van der Waals surface area contributed by atoms with E-state index >= 15 is 0 Å². The fourth-order valence-electron chi connectivity index (χ4n) is 1.31. The summed E-state index contributed by atoms with van der Waals surface area (Å²) in [5.74, 6) is 0.437. The second-order valence-corrected chi connectivity index (χ2v) is 2.75. The fraction of sp³-hybridized carbons (Fsp3) is 0.100. The van der Waals surface area contributed by atoms with Crippen LogP contribution < -0.4 is 4.74 Å². The van der Waals surface area contributed by atoms with E-state index in [4.69, 9.17) is 14.4 Å². The molecule has 0 spiro atoms. The number of halogens is 1. The maximum Gasteiger partial charge on any atom is 0.279 e. The SMILES string of the molecule is COc1cc(C#N)cc2oc(F)cc12. The number of nitriles is 1. The summed E-state index contributed by atoms with van der Waals surface area (Å²) in [5, 5.41) is 9.21. The highest BCUT2D eigenvalue weighted by molar-refractivity contribution is 5.85. The highest BCUT2D eigenvalue weighted by atomic mass is 19.1. The largest absolute Gasteiger partial charge is 0.496 e. The summed E-state index contributed by atoms with van der Waals surface area (Å²) >= 11 is 0. The Hall–Kier alpha value is -2.02. The Labute approximate surface area is 79.3 Å². The van der Waals surface area contributed by atoms with E-state index in [-0.39, 0.29) is 0 Å². The number of nitrogens with zero attached hydrogens (tertiary/aromatic N) is 1. The van der Waals surface area contributed by atoms with Crippen molar-refractivity contribution in [3.8, 4) is 11.8 Å². The summed E-state index contributed by atoms with van der Waals surface area (Å²) in [6.45, 7) is 0. The summed E-state index contributed by atoms with van der Waals surface area (Å²) in [4.78, 5) is 0. The minimum Gasteiger partial charge on any atom is -0.496 e. The molecule has 0 aliphatic carbocycles. The van der Waals surface area contributed by atoms with Gasteiger partial charge in [0, 0.05) is 6.07 Å². The van der Waals surface area contributed by atoms with E-state index in [0.29, 0.717) is 22.3 Å². The lowest BCUT2D eigenvalue weighted by molar-refractivity contribution is 0.381. The Bertz CT molecular complexity index is 525. The number of fused-ring (bicyclic) bond motifs is 1. The van der Waals surface area contributed by atoms with Crippen molar-refractivity contribution < 1.29 is 13.5 Å². The van der Waals surface area contributed by atoms with Crippen LogP contribution in [0, 0.1) is 17.3 Å². The first-order valence-corrected chi connectivity index (χ1v) is 3.92. The lowest BCUT2D eigenvalue weighted by atomic mass is 10.1. The number of ether oxygens (including phenoxy) is 1. The lowest BCUT2D eigenvalue weighted by Crippen LogP contribution is -1.84. The van der Waals surface area contributed by atoms with Crippen molar-refractivity contribution >= 4 is 11.0 Å². The van der Waals surface area contributed by atoms with Crippen molar-refractivity contribution in [1.29, 1.82) is 5.26 Å². The Morgan fingerprint density at radius 2 is 2.21 bits per heavy atom. The molecule has 2 aromatic rings. The molecule has 0 atom stereocenters. The van der Waals surface area contributed by atoms with Gasteiger partial charge in [0.1, 0.15) is 11.3 Å². The Kier molecular flexibility index (Phi) is 1.86. The van der Waals surface area contributed by atoms with Gasteiger partial charge in [-0.2, -0.15) is 9.65 Å². The molecule has 0 unspecified atom stereocenters. The third-order valence-corrected chi connectivity index (χ3v) is 1.92. The molecule has 0 saturated carbocycles. The smallest absolute Gasteiger partial charge is 0.279 e. The zero-order valence-electron chi connectivity index (χ0n) is 7.37. The third kappa shape index (κ3) is 1.19. The number of hydrogen-bond donors (Lipinski definition) is 0. The normalized spacial score (nSPS) is 10.1. The van der Waals surface area contributed by atoms with Crippen molar-refractivity contribution in [2.75, 3.05) is 7.11 Å². The quantitative estimate of drug-likeness (QED) is 0.695. The molecular weight excluding hydrogens is 185 g/mol. The van der Waals surface area contributed by atoms with Crippen LogP contribution in [0.15, 0.2) is 22.6 Å². The Morgan fingerprint density at radius 3 is 2.86 bits per heavy atom. The highest BCUT2D eigenvalue weighted by Gasteiger charge is 2.10. The number of hydrogen-bond acceptors (Lipinski definition) is 3. The summed E-state index contributed by atoms with van der Waals surface area (Å²) in [6.07, 6.45) is 0. The van der Waals surface area contributed by atoms with Crippen molar-refractivity contribution in [1.82, 2.24) is 0 Å². The average Bonchev–Trinajstić information content (AvgIpc) is 2.56. The third-order valence-electron chi connectivity index (χ3n) is 1.92. The van der Waals surface area contributed by atoms with Gasteiger partial charge in [-0.3, -0.25) is 0 Å². The molecule has 1 heterocycles. The zero-order chi connectivity index (χ0) is 10.1. The molecule has 1 aromatic carbocycles. The molecule has 0 saturated heterocycles. The van der Waals surface area contributed by atoms with Crippen LogP contribution in [0.25, 0.3) is 11.0 Å². The molecule has 0 aliphatic heterocycles. The van der Waals surface area contributed by atoms with E-state index in [2.05, 4.69) is 0 Å². The van der Waals surface area contributed by atoms with Gasteiger partial charge >= 0.3 is 0 Å². The van der Waals surface area contributed by atoms with E-state index in [0.717, 1.165) is 0 Å². The van der Waals surface area contributed by atoms with Gasteiger partial charge in [-0.05, 0) is 12.1 Å². The second kappa shape index (κ2) is 3.04. The molecular formula is C10H6FNO2. The molecule has 1 aromatic heterocycles. The summed E-state index contributed by atoms with van der Waals surface area (Å²) in [7, 11) is 1.46. The van der Waals surface area contributed by atoms with Gasteiger partial charge < -0.3 is 9.15 Å². The Balaban J connectivity index is 2.80. The second-order valence-electron chi connectivity index (χ2n) is 2.75. The van der Waals surface area contributed by atoms with E-state index in [1.54, 1.807) is 0 Å². The van der Waals surface area contributed by atoms with Crippen LogP contribution in [0.1, 0.15) is 5.56 Å². The lowest BCUT2D eigenvalue weighted by Gasteiger charge is -2.00. The summed E-state index contributed by atoms with van der Waals surface area (Å²) in [5.41, 5.74) is 0.696. The minimum atomic E-state index is -0.687. The maximum atomic E-state index is 12.8. The first-order valence-electron chi connectivity index (χ1n) is 3.92. The Morgan fingerprint density at radius 1 is 1.43 bits per heavy atom. The van der Waals surface area contributed by atoms with Crippen LogP contribution in [-0.2, 0) is 0 Å². The van der Waals surface area contributed by atoms with Gasteiger partial charge in [0.2, 0.25) is 0 Å². The van der Waals surface area contributed by atoms with E-state index in [9.17, 15) is 4.39 Å². The first kappa shape index (κ1) is 8.57. The molecule has 0 radical (unpaired) electrons. The van der Waals surface area contributed by atoms with Crippen molar-refractivity contribution in [2.24, 2.45) is 0 Å². The topological polar surface area (TPSA) is 46.2 Å². The number of furan rings is 1. The van der Waals surface area contributed by atoms with Crippen LogP contribution in [0.2, 0.25) is 0 Å². The first-order chi connectivity index (χ1) is 6.74. The molecule has 3 nitrogen and oxygen atoms in total. The van der Waals surface area contributed by atoms with Gasteiger partial charge in [0.15, 0.2) is 0 Å². The van der Waals surface area contributed by atoms with E-state index in [1.165, 1.54) is 25.3 Å². The van der Waals surface area contributed by atoms with Gasteiger partial charge in [-0.1, -0.05) is 0 Å². The standard InChI is InChI=1S/C10H6FNO2/c1-13-8-2-6(5-12)3-9-7(8)4-10(11)14-9/h2-4H,1H3. The molecule has 2 rings (SSSR count). The van der Waals surface area contributed by atoms with Crippen LogP contribution in [0.3, 0.4) is 0 Å². The molecule has 70 valence electrons. The zero-order valence-corrected chi connectivity index (χ0v) is 7.37. The summed E-state index contributed by atoms with van der Waals surface area (Å²) in [6, 6.07) is 5.50. The monoisotopic (exact) mass is 191 g/mol. The molecule has 0 bridgehead atoms. The number of rotatable bonds is 1. The number of methoxy groups -OCH3 is 1. The van der Waals surface area contributed by atoms with Crippen LogP contribution in [0.5, 0.6) is 5.75 Å². The summed E-state index contributed by atoms with van der Waals surface area (Å²) < 4.78 is 22.5. The average molecular weight is 191 g/mol. The van der Waals surface area contributed by atoms with E-state index in [1.807, 2.05) is 6.07 Å². The van der Waals surface area contributed by atoms with Gasteiger partial charge in [0.05, 0.1) is 24.1 Å². The predicted molar refractivity (Wildman–Crippen MR) is 47.4 cm³/mol. The minimum absolute atomic E-state index is 0.318. The maximum absolute atomic E-state index is 12.8. The molecule has 0 amide bonds. The number of benzene rings is 1. The highest BCUT2D eigenvalue weighted by Crippen LogP contribution is 2.29. The van der Waals surface area contributed by atoms with Gasteiger partial charge in [-0.15, -0.1) is 0 Å². The molecule has 0 aliphatic rings. The van der Waals surface area contributed by atoms with Crippen molar-refractivity contribution in [3.05, 3.63) is 29.8 Å². The van der Waals surface area contributed by atoms with Crippen LogP contribution in [-0.4, -0.2) is 7.11 Å². The van der Waals surface area contributed by atoms with Crippen LogP contribution >= 0.6 is 0 Å². The molecule has 4 heteroatoms. The van der Waals surface area contributed by atoms with Gasteiger partial charge in [0.25, 0.3) is 6.01 Å². The molecule has 0 N–H and O–H groups in total. The van der Waals surface area contributed by atoms with Crippen molar-refractivity contribution in [2.45, 2.75) is 0 Å². The van der Waals surface area contributed by atoms with Crippen molar-refractivity contribution in [3.63, 3.8) is 0 Å². The fourth-order valence-corrected chi connectivity index (χ4v) is 1.31. The molecule has 0 fully saturated rings.